The summed E-state index contributed by atoms with van der Waals surface area (Å²) in [4.78, 5) is 39.7. The molecule has 0 spiro atoms. The third-order valence-corrected chi connectivity index (χ3v) is 9.23. The molecule has 0 aromatic heterocycles. The van der Waals surface area contributed by atoms with Gasteiger partial charge >= 0.3 is 0 Å². The van der Waals surface area contributed by atoms with Gasteiger partial charge in [0.15, 0.2) is 0 Å². The number of benzene rings is 3. The van der Waals surface area contributed by atoms with Crippen molar-refractivity contribution in [1.82, 2.24) is 10.2 Å². The summed E-state index contributed by atoms with van der Waals surface area (Å²) in [7, 11) is -1.78. The highest BCUT2D eigenvalue weighted by molar-refractivity contribution is 7.92. The topological polar surface area (TPSA) is 148 Å². The van der Waals surface area contributed by atoms with Crippen LogP contribution < -0.4 is 19.1 Å². The number of nitrogens with zero attached hydrogens (tertiary/aromatic N) is 3. The summed E-state index contributed by atoms with van der Waals surface area (Å²) in [6, 6.07) is 13.8. The van der Waals surface area contributed by atoms with E-state index in [-0.39, 0.29) is 46.8 Å². The number of carbonyl (C=O) groups is 2. The van der Waals surface area contributed by atoms with Gasteiger partial charge in [-0.3, -0.25) is 24.0 Å². The Hall–Kier alpha value is -4.36. The van der Waals surface area contributed by atoms with Crippen molar-refractivity contribution in [2.75, 3.05) is 31.6 Å². The Labute approximate surface area is 274 Å². The minimum absolute atomic E-state index is 0.0208. The van der Waals surface area contributed by atoms with Crippen molar-refractivity contribution < 1.29 is 32.4 Å². The van der Waals surface area contributed by atoms with Crippen LogP contribution in [0.2, 0.25) is 5.02 Å². The Morgan fingerprint density at radius 3 is 2.26 bits per heavy atom. The van der Waals surface area contributed by atoms with Crippen LogP contribution in [-0.4, -0.2) is 63.4 Å². The number of nitrogens with one attached hydrogen (secondary N) is 1. The zero-order valence-corrected chi connectivity index (χ0v) is 28.2. The number of ether oxygens (including phenoxy) is 2. The monoisotopic (exact) mass is 674 g/mol. The van der Waals surface area contributed by atoms with Crippen LogP contribution in [0.5, 0.6) is 11.5 Å². The van der Waals surface area contributed by atoms with Gasteiger partial charge in [0.05, 0.1) is 29.7 Å². The predicted molar refractivity (Wildman–Crippen MR) is 176 cm³/mol. The van der Waals surface area contributed by atoms with Gasteiger partial charge < -0.3 is 19.7 Å². The molecule has 248 valence electrons. The second-order valence-corrected chi connectivity index (χ2v) is 13.3. The fourth-order valence-electron chi connectivity index (χ4n) is 4.71. The van der Waals surface area contributed by atoms with Crippen molar-refractivity contribution in [2.24, 2.45) is 5.92 Å². The summed E-state index contributed by atoms with van der Waals surface area (Å²) in [5.41, 5.74) is 0.469. The molecule has 0 bridgehead atoms. The summed E-state index contributed by atoms with van der Waals surface area (Å²) in [5.74, 6) is -0.245. The van der Waals surface area contributed by atoms with Crippen molar-refractivity contribution in [3.63, 3.8) is 0 Å². The first-order valence-corrected chi connectivity index (χ1v) is 16.4. The predicted octanol–water partition coefficient (Wildman–Crippen LogP) is 5.35. The van der Waals surface area contributed by atoms with Gasteiger partial charge in [0.1, 0.15) is 24.1 Å². The largest absolute Gasteiger partial charge is 0.497 e. The number of hydrogen-bond donors (Lipinski definition) is 1. The standard InChI is InChI=1S/C32H39ClN4O8S/c1-7-27(32(39)34-18-21(2)3)35(19-23-9-12-25(44-5)13-10-23)31(38)20-36(29-16-24(33)11-15-30(29)45-6)46(42,43)26-14-8-22(4)28(17-26)37(40)41/h8-17,21,27H,7,18-20H2,1-6H3,(H,34,39)/t27-/m1/s1. The van der Waals surface area contributed by atoms with Crippen LogP contribution in [0.1, 0.15) is 38.3 Å². The molecule has 1 N–H and O–H groups in total. The molecule has 0 aliphatic rings. The number of carbonyl (C=O) groups excluding carboxylic acids is 2. The maximum Gasteiger partial charge on any atom is 0.273 e. The SMILES string of the molecule is CC[C@H](C(=O)NCC(C)C)N(Cc1ccc(OC)cc1)C(=O)CN(c1cc(Cl)ccc1OC)S(=O)(=O)c1ccc(C)c([N+](=O)[O-])c1. The van der Waals surface area contributed by atoms with E-state index in [4.69, 9.17) is 21.1 Å². The van der Waals surface area contributed by atoms with E-state index in [0.717, 1.165) is 10.4 Å². The van der Waals surface area contributed by atoms with E-state index in [2.05, 4.69) is 5.32 Å². The molecule has 0 aliphatic carbocycles. The Morgan fingerprint density at radius 2 is 1.70 bits per heavy atom. The lowest BCUT2D eigenvalue weighted by Crippen LogP contribution is -2.52. The first-order valence-electron chi connectivity index (χ1n) is 14.5. The number of nitro groups is 1. The normalized spacial score (nSPS) is 11.9. The van der Waals surface area contributed by atoms with Crippen LogP contribution in [0.15, 0.2) is 65.6 Å². The van der Waals surface area contributed by atoms with Crippen LogP contribution in [-0.2, 0) is 26.2 Å². The summed E-state index contributed by atoms with van der Waals surface area (Å²) >= 11 is 6.28. The van der Waals surface area contributed by atoms with Gasteiger partial charge in [-0.05, 0) is 61.2 Å². The number of hydrogen-bond acceptors (Lipinski definition) is 8. The molecule has 12 nitrogen and oxygen atoms in total. The van der Waals surface area contributed by atoms with Gasteiger partial charge in [0.2, 0.25) is 11.8 Å². The van der Waals surface area contributed by atoms with Crippen molar-refractivity contribution in [3.05, 3.63) is 86.9 Å². The van der Waals surface area contributed by atoms with Gasteiger partial charge in [0, 0.05) is 29.7 Å². The van der Waals surface area contributed by atoms with Gasteiger partial charge in [-0.25, -0.2) is 8.42 Å². The molecule has 46 heavy (non-hydrogen) atoms. The Balaban J connectivity index is 2.17. The molecule has 2 amide bonds. The number of nitro benzene ring substituents is 1. The van der Waals surface area contributed by atoms with E-state index in [1.165, 1.54) is 56.4 Å². The number of rotatable bonds is 15. The molecule has 0 saturated carbocycles. The molecule has 0 aliphatic heterocycles. The van der Waals surface area contributed by atoms with Crippen molar-refractivity contribution >= 4 is 44.8 Å². The Kier molecular flexibility index (Phi) is 12.4. The van der Waals surface area contributed by atoms with Crippen LogP contribution >= 0.6 is 11.6 Å². The minimum atomic E-state index is -4.64. The Morgan fingerprint density at radius 1 is 1.02 bits per heavy atom. The molecular formula is C32H39ClN4O8S. The van der Waals surface area contributed by atoms with Crippen molar-refractivity contribution in [1.29, 1.82) is 0 Å². The second-order valence-electron chi connectivity index (χ2n) is 11.0. The fourth-order valence-corrected chi connectivity index (χ4v) is 6.32. The molecule has 1 atom stereocenters. The highest BCUT2D eigenvalue weighted by Gasteiger charge is 2.35. The summed E-state index contributed by atoms with van der Waals surface area (Å²) < 4.78 is 40.0. The maximum atomic E-state index is 14.3. The maximum absolute atomic E-state index is 14.3. The lowest BCUT2D eigenvalue weighted by atomic mass is 10.1. The van der Waals surface area contributed by atoms with Crippen LogP contribution in [0.4, 0.5) is 11.4 Å². The molecule has 0 heterocycles. The van der Waals surface area contributed by atoms with Crippen LogP contribution in [0.3, 0.4) is 0 Å². The number of sulfonamides is 1. The van der Waals surface area contributed by atoms with E-state index < -0.39 is 44.0 Å². The van der Waals surface area contributed by atoms with Crippen molar-refractivity contribution in [3.8, 4) is 11.5 Å². The molecule has 3 rings (SSSR count). The number of anilines is 1. The lowest BCUT2D eigenvalue weighted by molar-refractivity contribution is -0.385. The third kappa shape index (κ3) is 8.67. The summed E-state index contributed by atoms with van der Waals surface area (Å²) in [6.45, 7) is 6.72. The molecule has 0 saturated heterocycles. The highest BCUT2D eigenvalue weighted by atomic mass is 35.5. The minimum Gasteiger partial charge on any atom is -0.497 e. The van der Waals surface area contributed by atoms with E-state index in [0.29, 0.717) is 17.9 Å². The molecule has 0 unspecified atom stereocenters. The number of amides is 2. The molecule has 0 radical (unpaired) electrons. The highest BCUT2D eigenvalue weighted by Crippen LogP contribution is 2.36. The number of methoxy groups -OCH3 is 2. The van der Waals surface area contributed by atoms with Gasteiger partial charge in [-0.15, -0.1) is 0 Å². The smallest absolute Gasteiger partial charge is 0.273 e. The summed E-state index contributed by atoms with van der Waals surface area (Å²) in [6.07, 6.45) is 0.239. The number of aryl methyl sites for hydroxylation is 1. The molecular weight excluding hydrogens is 636 g/mol. The third-order valence-electron chi connectivity index (χ3n) is 7.24. The Bertz CT molecular complexity index is 1670. The first kappa shape index (κ1) is 36.1. The van der Waals surface area contributed by atoms with Crippen molar-refractivity contribution in [2.45, 2.75) is 51.6 Å². The van der Waals surface area contributed by atoms with Gasteiger partial charge in [0.25, 0.3) is 15.7 Å². The molecule has 0 fully saturated rings. The lowest BCUT2D eigenvalue weighted by Gasteiger charge is -2.33. The average molecular weight is 675 g/mol. The van der Waals surface area contributed by atoms with Gasteiger partial charge in [-0.1, -0.05) is 50.6 Å². The van der Waals surface area contributed by atoms with Gasteiger partial charge in [-0.2, -0.15) is 0 Å². The summed E-state index contributed by atoms with van der Waals surface area (Å²) in [5, 5.41) is 14.7. The van der Waals surface area contributed by atoms with Crippen LogP contribution in [0.25, 0.3) is 0 Å². The molecule has 3 aromatic carbocycles. The molecule has 14 heteroatoms. The van der Waals surface area contributed by atoms with E-state index >= 15 is 0 Å². The zero-order chi connectivity index (χ0) is 34.2. The van der Waals surface area contributed by atoms with E-state index in [1.807, 2.05) is 13.8 Å². The fraction of sp³-hybridized carbons (Fsp3) is 0.375. The average Bonchev–Trinajstić information content (AvgIpc) is 3.02. The second kappa shape index (κ2) is 15.8. The van der Waals surface area contributed by atoms with E-state index in [9.17, 15) is 28.1 Å². The first-order chi connectivity index (χ1) is 21.7. The zero-order valence-electron chi connectivity index (χ0n) is 26.7. The van der Waals surface area contributed by atoms with E-state index in [1.54, 1.807) is 31.2 Å². The van der Waals surface area contributed by atoms with Crippen LogP contribution in [0, 0.1) is 23.0 Å². The quantitative estimate of drug-likeness (QED) is 0.168. The molecule has 3 aromatic rings. The number of halogens is 1.